The van der Waals surface area contributed by atoms with Gasteiger partial charge in [0.25, 0.3) is 0 Å². The third-order valence-corrected chi connectivity index (χ3v) is 3.53. The molecule has 0 radical (unpaired) electrons. The number of aromatic amines is 1. The van der Waals surface area contributed by atoms with Gasteiger partial charge in [0.2, 0.25) is 0 Å². The number of hydrogen-bond donors (Lipinski definition) is 1. The fourth-order valence-corrected chi connectivity index (χ4v) is 2.41. The zero-order valence-electron chi connectivity index (χ0n) is 10.6. The monoisotopic (exact) mass is 281 g/mol. The van der Waals surface area contributed by atoms with Crippen molar-refractivity contribution in [2.75, 3.05) is 0 Å². The zero-order chi connectivity index (χ0) is 13.3. The summed E-state index contributed by atoms with van der Waals surface area (Å²) in [6.07, 6.45) is 0. The molecule has 0 aliphatic heterocycles. The lowest BCUT2D eigenvalue weighted by Crippen LogP contribution is -2.12. The minimum atomic E-state index is 0.144. The van der Waals surface area contributed by atoms with Crippen LogP contribution in [0.4, 0.5) is 0 Å². The largest absolute Gasteiger partial charge is 0.297 e. The predicted molar refractivity (Wildman–Crippen MR) is 76.8 cm³/mol. The number of benzene rings is 1. The number of halogens is 1. The molecule has 0 spiro atoms. The lowest BCUT2D eigenvalue weighted by atomic mass is 10.1. The third-order valence-electron chi connectivity index (χ3n) is 2.99. The summed E-state index contributed by atoms with van der Waals surface area (Å²) in [5, 5.41) is 7.91. The first-order valence-electron chi connectivity index (χ1n) is 5.93. The van der Waals surface area contributed by atoms with E-state index in [9.17, 15) is 0 Å². The van der Waals surface area contributed by atoms with Gasteiger partial charge >= 0.3 is 0 Å². The van der Waals surface area contributed by atoms with Crippen molar-refractivity contribution in [2.24, 2.45) is 0 Å². The minimum absolute atomic E-state index is 0.144. The molecule has 0 fully saturated rings. The highest BCUT2D eigenvalue weighted by Crippen LogP contribution is 2.24. The van der Waals surface area contributed by atoms with Crippen LogP contribution in [0.25, 0.3) is 0 Å². The van der Waals surface area contributed by atoms with E-state index in [1.807, 2.05) is 24.3 Å². The van der Waals surface area contributed by atoms with Gasteiger partial charge in [-0.2, -0.15) is 5.10 Å². The molecule has 0 saturated heterocycles. The number of hydrogen-bond acceptors (Lipinski definition) is 2. The van der Waals surface area contributed by atoms with E-state index in [4.69, 9.17) is 23.8 Å². The van der Waals surface area contributed by atoms with Crippen LogP contribution in [0.3, 0.4) is 0 Å². The lowest BCUT2D eigenvalue weighted by Gasteiger charge is -2.17. The van der Waals surface area contributed by atoms with E-state index in [1.165, 1.54) is 5.56 Å². The van der Waals surface area contributed by atoms with Crippen LogP contribution < -0.4 is 0 Å². The lowest BCUT2D eigenvalue weighted by molar-refractivity contribution is 0.573. The highest BCUT2D eigenvalue weighted by atomic mass is 35.5. The fraction of sp³-hybridized carbons (Fsp3) is 0.385. The number of nitrogens with one attached hydrogen (secondary N) is 1. The van der Waals surface area contributed by atoms with Gasteiger partial charge in [-0.15, -0.1) is 0 Å². The van der Waals surface area contributed by atoms with Crippen LogP contribution in [0.2, 0.25) is 5.02 Å². The molecule has 2 aromatic rings. The maximum Gasteiger partial charge on any atom is 0.195 e. The highest BCUT2D eigenvalue weighted by molar-refractivity contribution is 7.71. The highest BCUT2D eigenvalue weighted by Gasteiger charge is 2.16. The van der Waals surface area contributed by atoms with Crippen molar-refractivity contribution in [3.05, 3.63) is 45.4 Å². The molecular formula is C13H16ClN3S. The van der Waals surface area contributed by atoms with E-state index in [-0.39, 0.29) is 6.04 Å². The van der Waals surface area contributed by atoms with E-state index >= 15 is 0 Å². The van der Waals surface area contributed by atoms with Crippen LogP contribution in [-0.2, 0) is 0 Å². The molecule has 0 saturated carbocycles. The molecule has 96 valence electrons. The maximum absolute atomic E-state index is 5.91. The first-order valence-corrected chi connectivity index (χ1v) is 6.71. The molecular weight excluding hydrogens is 266 g/mol. The standard InChI is InChI=1S/C13H16ClN3S/c1-8(2)12-15-16-13(18)17(12)9(3)10-4-6-11(14)7-5-10/h4-9H,1-3H3,(H,16,18). The molecule has 1 N–H and O–H groups in total. The Balaban J connectivity index is 2.45. The summed E-state index contributed by atoms with van der Waals surface area (Å²) in [4.78, 5) is 0. The maximum atomic E-state index is 5.91. The number of aromatic nitrogens is 3. The number of nitrogens with zero attached hydrogens (tertiary/aromatic N) is 2. The third kappa shape index (κ3) is 2.49. The summed E-state index contributed by atoms with van der Waals surface area (Å²) >= 11 is 11.2. The van der Waals surface area contributed by atoms with Crippen LogP contribution in [0.1, 0.15) is 44.1 Å². The van der Waals surface area contributed by atoms with Gasteiger partial charge in [-0.1, -0.05) is 37.6 Å². The first-order chi connectivity index (χ1) is 8.50. The first kappa shape index (κ1) is 13.3. The van der Waals surface area contributed by atoms with Gasteiger partial charge in [0, 0.05) is 10.9 Å². The van der Waals surface area contributed by atoms with Crippen LogP contribution in [0.5, 0.6) is 0 Å². The summed E-state index contributed by atoms with van der Waals surface area (Å²) in [6, 6.07) is 7.97. The molecule has 3 nitrogen and oxygen atoms in total. The van der Waals surface area contributed by atoms with Gasteiger partial charge in [-0.25, -0.2) is 0 Å². The SMILES string of the molecule is CC(C)c1n[nH]c(=S)n1C(C)c1ccc(Cl)cc1. The quantitative estimate of drug-likeness (QED) is 0.850. The van der Waals surface area contributed by atoms with Crippen LogP contribution in [0.15, 0.2) is 24.3 Å². The van der Waals surface area contributed by atoms with Crippen molar-refractivity contribution < 1.29 is 0 Å². The second-order valence-electron chi connectivity index (χ2n) is 4.64. The second kappa shape index (κ2) is 5.24. The van der Waals surface area contributed by atoms with Gasteiger partial charge in [0.1, 0.15) is 5.82 Å². The normalized spacial score (nSPS) is 12.9. The topological polar surface area (TPSA) is 33.6 Å². The van der Waals surface area contributed by atoms with Crippen LogP contribution in [0, 0.1) is 4.77 Å². The molecule has 1 unspecified atom stereocenters. The summed E-state index contributed by atoms with van der Waals surface area (Å²) in [7, 11) is 0. The Hall–Kier alpha value is -1.13. The van der Waals surface area contributed by atoms with E-state index in [0.29, 0.717) is 10.7 Å². The number of rotatable bonds is 3. The minimum Gasteiger partial charge on any atom is -0.297 e. The average molecular weight is 282 g/mol. The Morgan fingerprint density at radius 3 is 2.39 bits per heavy atom. The smallest absolute Gasteiger partial charge is 0.195 e. The Morgan fingerprint density at radius 1 is 1.22 bits per heavy atom. The molecule has 5 heteroatoms. The van der Waals surface area contributed by atoms with E-state index in [1.54, 1.807) is 0 Å². The Morgan fingerprint density at radius 2 is 1.83 bits per heavy atom. The zero-order valence-corrected chi connectivity index (χ0v) is 12.2. The molecule has 18 heavy (non-hydrogen) atoms. The molecule has 1 aromatic heterocycles. The average Bonchev–Trinajstić information content (AvgIpc) is 2.71. The molecule has 1 heterocycles. The van der Waals surface area contributed by atoms with Gasteiger partial charge in [-0.05, 0) is 36.8 Å². The van der Waals surface area contributed by atoms with E-state index in [2.05, 4.69) is 35.5 Å². The van der Waals surface area contributed by atoms with Crippen molar-refractivity contribution in [2.45, 2.75) is 32.7 Å². The van der Waals surface area contributed by atoms with Gasteiger partial charge in [-0.3, -0.25) is 9.67 Å². The summed E-state index contributed by atoms with van der Waals surface area (Å²) in [5.74, 6) is 1.30. The van der Waals surface area contributed by atoms with Crippen LogP contribution >= 0.6 is 23.8 Å². The molecule has 0 aliphatic carbocycles. The van der Waals surface area contributed by atoms with Gasteiger partial charge in [0.15, 0.2) is 4.77 Å². The van der Waals surface area contributed by atoms with Crippen molar-refractivity contribution in [3.63, 3.8) is 0 Å². The molecule has 0 bridgehead atoms. The molecule has 1 aromatic carbocycles. The van der Waals surface area contributed by atoms with Crippen LogP contribution in [-0.4, -0.2) is 14.8 Å². The summed E-state index contributed by atoms with van der Waals surface area (Å²) < 4.78 is 2.71. The van der Waals surface area contributed by atoms with Gasteiger partial charge < -0.3 is 0 Å². The molecule has 0 aliphatic rings. The summed E-state index contributed by atoms with van der Waals surface area (Å²) in [6.45, 7) is 6.33. The van der Waals surface area contributed by atoms with Crippen molar-refractivity contribution in [1.29, 1.82) is 0 Å². The van der Waals surface area contributed by atoms with E-state index < -0.39 is 0 Å². The van der Waals surface area contributed by atoms with Crippen molar-refractivity contribution in [1.82, 2.24) is 14.8 Å². The molecule has 0 amide bonds. The van der Waals surface area contributed by atoms with Gasteiger partial charge in [0.05, 0.1) is 6.04 Å². The Bertz CT molecular complexity index is 583. The molecule has 1 atom stereocenters. The predicted octanol–water partition coefficient (Wildman–Crippen LogP) is 4.33. The Kier molecular flexibility index (Phi) is 3.88. The number of H-pyrrole nitrogens is 1. The Labute approximate surface area is 117 Å². The van der Waals surface area contributed by atoms with E-state index in [0.717, 1.165) is 10.8 Å². The summed E-state index contributed by atoms with van der Waals surface area (Å²) in [5.41, 5.74) is 1.17. The fourth-order valence-electron chi connectivity index (χ4n) is 1.99. The second-order valence-corrected chi connectivity index (χ2v) is 5.46. The van der Waals surface area contributed by atoms with Crippen molar-refractivity contribution in [3.8, 4) is 0 Å². The van der Waals surface area contributed by atoms with Crippen molar-refractivity contribution >= 4 is 23.8 Å². The molecule has 2 rings (SSSR count).